The van der Waals surface area contributed by atoms with Gasteiger partial charge in [0.2, 0.25) is 0 Å². The Morgan fingerprint density at radius 3 is 2.54 bits per heavy atom. The van der Waals surface area contributed by atoms with Crippen LogP contribution in [0.15, 0.2) is 4.99 Å². The summed E-state index contributed by atoms with van der Waals surface area (Å²) in [7, 11) is 0. The van der Waals surface area contributed by atoms with Crippen LogP contribution in [0.2, 0.25) is 0 Å². The van der Waals surface area contributed by atoms with Crippen molar-refractivity contribution in [2.24, 2.45) is 10.4 Å². The fraction of sp³-hybridized carbons (Fsp3) is 0.950. The van der Waals surface area contributed by atoms with Gasteiger partial charge in [-0.1, -0.05) is 33.6 Å². The average molecular weight is 482 g/mol. The number of nitrogens with one attached hydrogen (secondary N) is 2. The number of aliphatic hydroxyl groups excluding tert-OH is 1. The fourth-order valence-electron chi connectivity index (χ4n) is 3.61. The van der Waals surface area contributed by atoms with E-state index < -0.39 is 0 Å². The van der Waals surface area contributed by atoms with Crippen molar-refractivity contribution in [3.8, 4) is 0 Å². The molecule has 1 aliphatic rings. The minimum absolute atomic E-state index is 0. The maximum absolute atomic E-state index is 10.4. The van der Waals surface area contributed by atoms with E-state index in [1.807, 2.05) is 0 Å². The van der Waals surface area contributed by atoms with Crippen LogP contribution in [-0.2, 0) is 0 Å². The Hall–Kier alpha value is -0.0800. The predicted molar refractivity (Wildman–Crippen MR) is 124 cm³/mol. The molecule has 3 unspecified atom stereocenters. The van der Waals surface area contributed by atoms with Crippen molar-refractivity contribution in [1.29, 1.82) is 0 Å². The molecule has 0 aromatic rings. The van der Waals surface area contributed by atoms with Gasteiger partial charge >= 0.3 is 0 Å². The Morgan fingerprint density at radius 1 is 1.27 bits per heavy atom. The van der Waals surface area contributed by atoms with Gasteiger partial charge in [-0.2, -0.15) is 0 Å². The number of nitrogens with zero attached hydrogens (tertiary/aromatic N) is 2. The SMILES string of the molecule is CCNC(=NCC1(C)CCCCC1O)NC(C)CCCN(CC)CC.I. The first-order valence-electron chi connectivity index (χ1n) is 10.4. The number of halogens is 1. The second-order valence-corrected chi connectivity index (χ2v) is 7.83. The molecule has 1 saturated carbocycles. The quantitative estimate of drug-likeness (QED) is 0.253. The Bertz CT molecular complexity index is 390. The lowest BCUT2D eigenvalue weighted by atomic mass is 9.73. The molecule has 6 heteroatoms. The van der Waals surface area contributed by atoms with Crippen molar-refractivity contribution in [3.05, 3.63) is 0 Å². The number of aliphatic hydroxyl groups is 1. The molecule has 0 amide bonds. The van der Waals surface area contributed by atoms with Crippen LogP contribution in [0.4, 0.5) is 0 Å². The summed E-state index contributed by atoms with van der Waals surface area (Å²) >= 11 is 0. The molecule has 5 nitrogen and oxygen atoms in total. The van der Waals surface area contributed by atoms with E-state index in [1.54, 1.807) is 0 Å². The van der Waals surface area contributed by atoms with E-state index in [0.717, 1.165) is 57.8 Å². The highest BCUT2D eigenvalue weighted by Crippen LogP contribution is 2.36. The minimum atomic E-state index is -0.223. The number of hydrogen-bond acceptors (Lipinski definition) is 3. The molecule has 0 heterocycles. The molecule has 0 radical (unpaired) electrons. The van der Waals surface area contributed by atoms with Gasteiger partial charge in [-0.25, -0.2) is 0 Å². The Labute approximate surface area is 178 Å². The molecule has 3 atom stereocenters. The minimum Gasteiger partial charge on any atom is -0.392 e. The maximum atomic E-state index is 10.4. The largest absolute Gasteiger partial charge is 0.392 e. The molecule has 0 aromatic heterocycles. The fourth-order valence-corrected chi connectivity index (χ4v) is 3.61. The number of aliphatic imine (C=N–C) groups is 1. The molecule has 0 bridgehead atoms. The molecule has 1 aliphatic carbocycles. The summed E-state index contributed by atoms with van der Waals surface area (Å²) in [5, 5.41) is 17.2. The van der Waals surface area contributed by atoms with Gasteiger partial charge in [0.25, 0.3) is 0 Å². The first-order chi connectivity index (χ1) is 11.9. The third-order valence-corrected chi connectivity index (χ3v) is 5.61. The highest BCUT2D eigenvalue weighted by molar-refractivity contribution is 14.0. The van der Waals surface area contributed by atoms with E-state index in [9.17, 15) is 5.11 Å². The van der Waals surface area contributed by atoms with Crippen molar-refractivity contribution >= 4 is 29.9 Å². The zero-order chi connectivity index (χ0) is 18.7. The lowest BCUT2D eigenvalue weighted by Gasteiger charge is -2.37. The zero-order valence-corrected chi connectivity index (χ0v) is 20.0. The van der Waals surface area contributed by atoms with Crippen LogP contribution < -0.4 is 10.6 Å². The average Bonchev–Trinajstić information content (AvgIpc) is 2.60. The lowest BCUT2D eigenvalue weighted by molar-refractivity contribution is 0.00715. The van der Waals surface area contributed by atoms with E-state index in [2.05, 4.69) is 50.2 Å². The first-order valence-corrected chi connectivity index (χ1v) is 10.4. The van der Waals surface area contributed by atoms with Crippen molar-refractivity contribution < 1.29 is 5.11 Å². The number of rotatable bonds is 10. The normalized spacial score (nSPS) is 24.9. The van der Waals surface area contributed by atoms with Crippen molar-refractivity contribution in [1.82, 2.24) is 15.5 Å². The van der Waals surface area contributed by atoms with Crippen LogP contribution in [0.25, 0.3) is 0 Å². The summed E-state index contributed by atoms with van der Waals surface area (Å²) in [6, 6.07) is 0.400. The number of guanidine groups is 1. The molecule has 0 spiro atoms. The van der Waals surface area contributed by atoms with Crippen LogP contribution in [-0.4, -0.2) is 60.8 Å². The Morgan fingerprint density at radius 2 is 1.96 bits per heavy atom. The van der Waals surface area contributed by atoms with Gasteiger partial charge in [-0.3, -0.25) is 4.99 Å². The molecular weight excluding hydrogens is 439 g/mol. The van der Waals surface area contributed by atoms with Gasteiger partial charge in [0, 0.05) is 18.0 Å². The smallest absolute Gasteiger partial charge is 0.191 e. The van der Waals surface area contributed by atoms with Gasteiger partial charge in [-0.05, 0) is 59.2 Å². The third-order valence-electron chi connectivity index (χ3n) is 5.61. The molecule has 1 rings (SSSR count). The van der Waals surface area contributed by atoms with Gasteiger partial charge in [0.05, 0.1) is 12.6 Å². The summed E-state index contributed by atoms with van der Waals surface area (Å²) in [5.74, 6) is 0.886. The highest BCUT2D eigenvalue weighted by Gasteiger charge is 2.35. The Kier molecular flexibility index (Phi) is 14.0. The second-order valence-electron chi connectivity index (χ2n) is 7.83. The predicted octanol–water partition coefficient (Wildman–Crippen LogP) is 3.61. The number of hydrogen-bond donors (Lipinski definition) is 3. The summed E-state index contributed by atoms with van der Waals surface area (Å²) in [6.45, 7) is 15.9. The van der Waals surface area contributed by atoms with Crippen LogP contribution in [0.1, 0.15) is 73.1 Å². The molecule has 0 aromatic carbocycles. The van der Waals surface area contributed by atoms with Crippen LogP contribution in [0, 0.1) is 5.41 Å². The maximum Gasteiger partial charge on any atom is 0.191 e. The monoisotopic (exact) mass is 482 g/mol. The zero-order valence-electron chi connectivity index (χ0n) is 17.7. The van der Waals surface area contributed by atoms with Crippen LogP contribution >= 0.6 is 24.0 Å². The summed E-state index contributed by atoms with van der Waals surface area (Å²) in [4.78, 5) is 7.27. The van der Waals surface area contributed by atoms with E-state index in [4.69, 9.17) is 4.99 Å². The Balaban J connectivity index is 0.00000625. The molecule has 0 saturated heterocycles. The standard InChI is InChI=1S/C20H42N4O.HI/c1-6-21-19(22-16-20(5)14-10-9-13-18(20)25)23-17(4)12-11-15-24(7-2)8-3;/h17-18,25H,6-16H2,1-5H3,(H2,21,22,23);1H. The van der Waals surface area contributed by atoms with Gasteiger partial charge < -0.3 is 20.6 Å². The molecule has 26 heavy (non-hydrogen) atoms. The highest BCUT2D eigenvalue weighted by atomic mass is 127. The van der Waals surface area contributed by atoms with Gasteiger partial charge in [-0.15, -0.1) is 24.0 Å². The van der Waals surface area contributed by atoms with Crippen molar-refractivity contribution in [3.63, 3.8) is 0 Å². The van der Waals surface area contributed by atoms with Crippen molar-refractivity contribution in [2.75, 3.05) is 32.7 Å². The van der Waals surface area contributed by atoms with E-state index >= 15 is 0 Å². The molecular formula is C20H43IN4O. The molecule has 0 aliphatic heterocycles. The van der Waals surface area contributed by atoms with E-state index in [-0.39, 0.29) is 35.5 Å². The second kappa shape index (κ2) is 14.0. The van der Waals surface area contributed by atoms with Gasteiger partial charge in [0.15, 0.2) is 5.96 Å². The van der Waals surface area contributed by atoms with Gasteiger partial charge in [0.1, 0.15) is 0 Å². The van der Waals surface area contributed by atoms with Crippen LogP contribution in [0.3, 0.4) is 0 Å². The topological polar surface area (TPSA) is 59.9 Å². The third kappa shape index (κ3) is 9.22. The van der Waals surface area contributed by atoms with E-state index in [1.165, 1.54) is 12.8 Å². The van der Waals surface area contributed by atoms with Crippen LogP contribution in [0.5, 0.6) is 0 Å². The first kappa shape index (κ1) is 25.9. The molecule has 156 valence electrons. The lowest BCUT2D eigenvalue weighted by Crippen LogP contribution is -2.44. The van der Waals surface area contributed by atoms with Crippen molar-refractivity contribution in [2.45, 2.75) is 85.3 Å². The molecule has 1 fully saturated rings. The summed E-state index contributed by atoms with van der Waals surface area (Å²) < 4.78 is 0. The van der Waals surface area contributed by atoms with E-state index in [0.29, 0.717) is 12.6 Å². The molecule has 3 N–H and O–H groups in total. The summed E-state index contributed by atoms with van der Waals surface area (Å²) in [5.41, 5.74) is -0.0768. The summed E-state index contributed by atoms with van der Waals surface area (Å²) in [6.07, 6.45) is 6.44.